The Morgan fingerprint density at radius 1 is 0.909 bits per heavy atom. The summed E-state index contributed by atoms with van der Waals surface area (Å²) in [7, 11) is 0. The first kappa shape index (κ1) is 23.4. The smallest absolute Gasteiger partial charge is 0.256 e. The first-order valence-corrected chi connectivity index (χ1v) is 11.4. The van der Waals surface area contributed by atoms with E-state index in [0.717, 1.165) is 28.2 Å². The first-order chi connectivity index (χ1) is 15.7. The maximum absolute atomic E-state index is 12.9. The van der Waals surface area contributed by atoms with Gasteiger partial charge in [0.1, 0.15) is 0 Å². The Morgan fingerprint density at radius 2 is 1.61 bits per heavy atom. The fourth-order valence-corrected chi connectivity index (χ4v) is 4.22. The van der Waals surface area contributed by atoms with Gasteiger partial charge in [-0.25, -0.2) is 0 Å². The summed E-state index contributed by atoms with van der Waals surface area (Å²) in [4.78, 5) is 12.9. The third-order valence-corrected chi connectivity index (χ3v) is 6.66. The Kier molecular flexibility index (Phi) is 6.79. The number of rotatable bonds is 6. The van der Waals surface area contributed by atoms with Crippen LogP contribution in [0.15, 0.2) is 48.5 Å². The lowest BCUT2D eigenvalue weighted by atomic mass is 10.1. The Labute approximate surface area is 207 Å². The molecule has 4 rings (SSSR count). The van der Waals surface area contributed by atoms with Gasteiger partial charge in [0.25, 0.3) is 5.91 Å². The van der Waals surface area contributed by atoms with Gasteiger partial charge >= 0.3 is 0 Å². The third-order valence-electron chi connectivity index (χ3n) is 5.41. The van der Waals surface area contributed by atoms with Crippen molar-refractivity contribution in [3.63, 3.8) is 0 Å². The van der Waals surface area contributed by atoms with Crippen LogP contribution in [-0.2, 0) is 13.1 Å². The molecule has 0 fully saturated rings. The fraction of sp³-hybridized carbons (Fsp3) is 0.208. The predicted molar refractivity (Wildman–Crippen MR) is 133 cm³/mol. The lowest BCUT2D eigenvalue weighted by molar-refractivity contribution is 0.102. The standard InChI is InChI=1S/C24H22Cl3N5O/c1-14-10-22(30-31(14)13-19-20(25)8-5-9-21(19)26)28-24(33)18-7-4-6-17(11-18)12-32-16(3)23(27)15(2)29-32/h4-11H,12-13H2,1-3H3,(H,28,30,33). The minimum atomic E-state index is -0.247. The zero-order valence-corrected chi connectivity index (χ0v) is 20.6. The Hall–Kier alpha value is -2.80. The Bertz CT molecular complexity index is 1320. The average molecular weight is 503 g/mol. The van der Waals surface area contributed by atoms with Crippen LogP contribution in [0.4, 0.5) is 5.82 Å². The van der Waals surface area contributed by atoms with Crippen LogP contribution in [-0.4, -0.2) is 25.5 Å². The molecule has 170 valence electrons. The molecule has 0 aliphatic heterocycles. The number of anilines is 1. The van der Waals surface area contributed by atoms with Gasteiger partial charge in [0.2, 0.25) is 0 Å². The van der Waals surface area contributed by atoms with Gasteiger partial charge in [-0.15, -0.1) is 0 Å². The van der Waals surface area contributed by atoms with E-state index in [-0.39, 0.29) is 5.91 Å². The fourth-order valence-electron chi connectivity index (χ4n) is 3.57. The molecule has 33 heavy (non-hydrogen) atoms. The number of benzene rings is 2. The molecule has 4 aromatic rings. The number of carbonyl (C=O) groups is 1. The lowest BCUT2D eigenvalue weighted by Gasteiger charge is -2.09. The largest absolute Gasteiger partial charge is 0.305 e. The number of aromatic nitrogens is 4. The van der Waals surface area contributed by atoms with Crippen molar-refractivity contribution in [1.29, 1.82) is 0 Å². The van der Waals surface area contributed by atoms with E-state index >= 15 is 0 Å². The summed E-state index contributed by atoms with van der Waals surface area (Å²) in [6, 6.07) is 14.6. The number of halogens is 3. The molecule has 2 aromatic heterocycles. The summed E-state index contributed by atoms with van der Waals surface area (Å²) in [6.07, 6.45) is 0. The molecule has 0 saturated heterocycles. The topological polar surface area (TPSA) is 64.7 Å². The van der Waals surface area contributed by atoms with Crippen molar-refractivity contribution in [3.05, 3.63) is 97.4 Å². The van der Waals surface area contributed by atoms with Gasteiger partial charge in [0.15, 0.2) is 5.82 Å². The second-order valence-electron chi connectivity index (χ2n) is 7.83. The summed E-state index contributed by atoms with van der Waals surface area (Å²) < 4.78 is 3.59. The molecule has 6 nitrogen and oxygen atoms in total. The van der Waals surface area contributed by atoms with Crippen LogP contribution in [0.1, 0.15) is 38.6 Å². The van der Waals surface area contributed by atoms with E-state index in [0.29, 0.717) is 39.5 Å². The van der Waals surface area contributed by atoms with Gasteiger partial charge < -0.3 is 5.32 Å². The molecule has 2 heterocycles. The summed E-state index contributed by atoms with van der Waals surface area (Å²) in [6.45, 7) is 6.63. The molecule has 1 amide bonds. The van der Waals surface area contributed by atoms with Crippen molar-refractivity contribution < 1.29 is 4.79 Å². The van der Waals surface area contributed by atoms with E-state index in [9.17, 15) is 4.79 Å². The predicted octanol–water partition coefficient (Wildman–Crippen LogP) is 6.31. The van der Waals surface area contributed by atoms with Crippen LogP contribution in [0.3, 0.4) is 0 Å². The highest BCUT2D eigenvalue weighted by Crippen LogP contribution is 2.26. The minimum absolute atomic E-state index is 0.247. The second kappa shape index (κ2) is 9.59. The van der Waals surface area contributed by atoms with Crippen LogP contribution in [0, 0.1) is 20.8 Å². The van der Waals surface area contributed by atoms with E-state index in [1.165, 1.54) is 0 Å². The number of aryl methyl sites for hydroxylation is 2. The molecule has 0 unspecified atom stereocenters. The lowest BCUT2D eigenvalue weighted by Crippen LogP contribution is -2.14. The van der Waals surface area contributed by atoms with Gasteiger partial charge in [-0.3, -0.25) is 14.2 Å². The Balaban J connectivity index is 1.49. The van der Waals surface area contributed by atoms with Crippen LogP contribution < -0.4 is 5.32 Å². The van der Waals surface area contributed by atoms with Gasteiger partial charge in [0.05, 0.1) is 29.5 Å². The maximum Gasteiger partial charge on any atom is 0.256 e. The quantitative estimate of drug-likeness (QED) is 0.336. The van der Waals surface area contributed by atoms with Crippen LogP contribution in [0.2, 0.25) is 15.1 Å². The van der Waals surface area contributed by atoms with Crippen molar-refractivity contribution in [2.24, 2.45) is 0 Å². The van der Waals surface area contributed by atoms with E-state index in [4.69, 9.17) is 34.8 Å². The summed E-state index contributed by atoms with van der Waals surface area (Å²) in [5, 5.41) is 13.6. The zero-order valence-electron chi connectivity index (χ0n) is 18.4. The molecular formula is C24H22Cl3N5O. The molecule has 0 aliphatic rings. The molecule has 0 aliphatic carbocycles. The van der Waals surface area contributed by atoms with Gasteiger partial charge in [-0.05, 0) is 50.6 Å². The van der Waals surface area contributed by atoms with Crippen molar-refractivity contribution in [1.82, 2.24) is 19.6 Å². The van der Waals surface area contributed by atoms with Crippen molar-refractivity contribution in [3.8, 4) is 0 Å². The minimum Gasteiger partial charge on any atom is -0.305 e. The SMILES string of the molecule is Cc1nn(Cc2cccc(C(=O)Nc3cc(C)n(Cc4c(Cl)cccc4Cl)n3)c2)c(C)c1Cl. The number of nitrogens with one attached hydrogen (secondary N) is 1. The first-order valence-electron chi connectivity index (χ1n) is 10.3. The summed E-state index contributed by atoms with van der Waals surface area (Å²) >= 11 is 18.8. The highest BCUT2D eigenvalue weighted by Gasteiger charge is 2.14. The zero-order chi connectivity index (χ0) is 23.7. The molecule has 0 radical (unpaired) electrons. The third kappa shape index (κ3) is 5.08. The van der Waals surface area contributed by atoms with E-state index in [2.05, 4.69) is 15.5 Å². The van der Waals surface area contributed by atoms with E-state index in [1.54, 1.807) is 28.9 Å². The molecule has 9 heteroatoms. The molecule has 0 saturated carbocycles. The van der Waals surface area contributed by atoms with Gasteiger partial charge in [0, 0.05) is 32.9 Å². The number of hydrogen-bond donors (Lipinski definition) is 1. The summed E-state index contributed by atoms with van der Waals surface area (Å²) in [5.74, 6) is 0.208. The van der Waals surface area contributed by atoms with Crippen molar-refractivity contribution in [2.45, 2.75) is 33.9 Å². The maximum atomic E-state index is 12.9. The monoisotopic (exact) mass is 501 g/mol. The Morgan fingerprint density at radius 3 is 2.27 bits per heavy atom. The van der Waals surface area contributed by atoms with Crippen molar-refractivity contribution >= 4 is 46.5 Å². The number of carbonyl (C=O) groups excluding carboxylic acids is 1. The van der Waals surface area contributed by atoms with E-state index in [1.807, 2.05) is 49.7 Å². The molecule has 1 N–H and O–H groups in total. The molecule has 2 aromatic carbocycles. The molecule has 0 bridgehead atoms. The van der Waals surface area contributed by atoms with Crippen LogP contribution in [0.5, 0.6) is 0 Å². The average Bonchev–Trinajstić information content (AvgIpc) is 3.24. The van der Waals surface area contributed by atoms with Crippen LogP contribution in [0.25, 0.3) is 0 Å². The summed E-state index contributed by atoms with van der Waals surface area (Å²) in [5.41, 5.74) is 4.80. The molecule has 0 spiro atoms. The number of amides is 1. The highest BCUT2D eigenvalue weighted by molar-refractivity contribution is 6.36. The van der Waals surface area contributed by atoms with Crippen LogP contribution >= 0.6 is 34.8 Å². The van der Waals surface area contributed by atoms with E-state index < -0.39 is 0 Å². The number of nitrogens with zero attached hydrogens (tertiary/aromatic N) is 4. The van der Waals surface area contributed by atoms with Gasteiger partial charge in [-0.2, -0.15) is 10.2 Å². The molecule has 0 atom stereocenters. The second-order valence-corrected chi connectivity index (χ2v) is 9.02. The number of hydrogen-bond acceptors (Lipinski definition) is 3. The normalized spacial score (nSPS) is 11.1. The molecular weight excluding hydrogens is 481 g/mol. The van der Waals surface area contributed by atoms with Crippen molar-refractivity contribution in [2.75, 3.05) is 5.32 Å². The van der Waals surface area contributed by atoms with Gasteiger partial charge in [-0.1, -0.05) is 53.0 Å². The highest BCUT2D eigenvalue weighted by atomic mass is 35.5.